The molecular weight excluding hydrogens is 244 g/mol. The van der Waals surface area contributed by atoms with Crippen LogP contribution in [-0.2, 0) is 5.75 Å². The molecule has 4 nitrogen and oxygen atoms in total. The molecule has 0 amide bonds. The molecule has 0 saturated carbocycles. The third kappa shape index (κ3) is 2.17. The lowest BCUT2D eigenvalue weighted by molar-refractivity contribution is 0.846. The zero-order chi connectivity index (χ0) is 12.4. The van der Waals surface area contributed by atoms with E-state index in [0.717, 1.165) is 10.9 Å². The van der Waals surface area contributed by atoms with Crippen molar-refractivity contribution in [1.29, 1.82) is 0 Å². The quantitative estimate of drug-likeness (QED) is 0.577. The van der Waals surface area contributed by atoms with Crippen LogP contribution in [0.4, 0.5) is 0 Å². The number of aromatic nitrogens is 3. The van der Waals surface area contributed by atoms with Crippen LogP contribution in [0.1, 0.15) is 5.56 Å². The lowest BCUT2D eigenvalue weighted by Gasteiger charge is -2.03. The standard InChI is InChI=1S/C13H12N4S/c14-17-9-15-16-13(17)18-8-10-5-6-11-3-1-2-4-12(11)7-10/h1-7,9H,8,14H2. The number of benzene rings is 2. The van der Waals surface area contributed by atoms with Gasteiger partial charge in [-0.3, -0.25) is 0 Å². The summed E-state index contributed by atoms with van der Waals surface area (Å²) in [5.41, 5.74) is 1.25. The SMILES string of the molecule is Nn1cnnc1SCc1ccc2ccccc2c1. The van der Waals surface area contributed by atoms with E-state index in [2.05, 4.69) is 46.6 Å². The fraction of sp³-hybridized carbons (Fsp3) is 0.0769. The maximum atomic E-state index is 5.67. The smallest absolute Gasteiger partial charge is 0.209 e. The van der Waals surface area contributed by atoms with Gasteiger partial charge < -0.3 is 5.84 Å². The minimum Gasteiger partial charge on any atom is -0.336 e. The van der Waals surface area contributed by atoms with Crippen molar-refractivity contribution in [3.63, 3.8) is 0 Å². The number of nitrogens with two attached hydrogens (primary N) is 1. The molecule has 0 spiro atoms. The molecule has 0 unspecified atom stereocenters. The summed E-state index contributed by atoms with van der Waals surface area (Å²) in [4.78, 5) is 0. The van der Waals surface area contributed by atoms with E-state index in [-0.39, 0.29) is 0 Å². The van der Waals surface area contributed by atoms with Gasteiger partial charge in [-0.25, -0.2) is 4.68 Å². The third-order valence-electron chi connectivity index (χ3n) is 2.72. The summed E-state index contributed by atoms with van der Waals surface area (Å²) in [5.74, 6) is 6.50. The summed E-state index contributed by atoms with van der Waals surface area (Å²) < 4.78 is 1.44. The highest BCUT2D eigenvalue weighted by atomic mass is 32.2. The van der Waals surface area contributed by atoms with Gasteiger partial charge in [-0.05, 0) is 16.3 Å². The van der Waals surface area contributed by atoms with Crippen LogP contribution in [0.3, 0.4) is 0 Å². The first kappa shape index (κ1) is 11.1. The molecule has 0 bridgehead atoms. The Hall–Kier alpha value is -2.01. The molecular formula is C13H12N4S. The minimum absolute atomic E-state index is 0.725. The summed E-state index contributed by atoms with van der Waals surface area (Å²) in [6, 6.07) is 14.8. The van der Waals surface area contributed by atoms with Crippen molar-refractivity contribution < 1.29 is 0 Å². The Morgan fingerprint density at radius 1 is 1.11 bits per heavy atom. The molecule has 0 radical (unpaired) electrons. The van der Waals surface area contributed by atoms with Crippen LogP contribution < -0.4 is 5.84 Å². The highest BCUT2D eigenvalue weighted by molar-refractivity contribution is 7.98. The average Bonchev–Trinajstić information content (AvgIpc) is 2.82. The Labute approximate surface area is 109 Å². The minimum atomic E-state index is 0.725. The zero-order valence-electron chi connectivity index (χ0n) is 9.65. The van der Waals surface area contributed by atoms with Gasteiger partial charge in [0.25, 0.3) is 0 Å². The molecule has 3 rings (SSSR count). The number of nitrogen functional groups attached to an aromatic ring is 1. The number of fused-ring (bicyclic) bond motifs is 1. The van der Waals surface area contributed by atoms with Gasteiger partial charge in [-0.2, -0.15) is 0 Å². The predicted molar refractivity (Wildman–Crippen MR) is 73.7 cm³/mol. The molecule has 0 fully saturated rings. The number of thioether (sulfide) groups is 1. The van der Waals surface area contributed by atoms with Crippen LogP contribution in [0.2, 0.25) is 0 Å². The van der Waals surface area contributed by atoms with E-state index in [1.165, 1.54) is 27.3 Å². The number of nitrogens with zero attached hydrogens (tertiary/aromatic N) is 3. The van der Waals surface area contributed by atoms with Gasteiger partial charge in [0, 0.05) is 5.75 Å². The second kappa shape index (κ2) is 4.70. The largest absolute Gasteiger partial charge is 0.336 e. The maximum Gasteiger partial charge on any atom is 0.209 e. The van der Waals surface area contributed by atoms with Crippen LogP contribution in [0.15, 0.2) is 53.9 Å². The van der Waals surface area contributed by atoms with Crippen LogP contribution >= 0.6 is 11.8 Å². The lowest BCUT2D eigenvalue weighted by atomic mass is 10.1. The van der Waals surface area contributed by atoms with Crippen molar-refractivity contribution in [2.75, 3.05) is 5.84 Å². The lowest BCUT2D eigenvalue weighted by Crippen LogP contribution is -2.07. The van der Waals surface area contributed by atoms with Gasteiger partial charge in [-0.1, -0.05) is 54.2 Å². The molecule has 0 aliphatic heterocycles. The second-order valence-electron chi connectivity index (χ2n) is 3.99. The third-order valence-corrected chi connectivity index (χ3v) is 3.75. The molecule has 90 valence electrons. The van der Waals surface area contributed by atoms with E-state index in [9.17, 15) is 0 Å². The normalized spacial score (nSPS) is 10.9. The molecule has 0 saturated heterocycles. The first-order chi connectivity index (χ1) is 8.83. The van der Waals surface area contributed by atoms with E-state index < -0.39 is 0 Å². The molecule has 1 heterocycles. The van der Waals surface area contributed by atoms with Gasteiger partial charge in [0.05, 0.1) is 0 Å². The molecule has 18 heavy (non-hydrogen) atoms. The number of hydrogen-bond donors (Lipinski definition) is 1. The zero-order valence-corrected chi connectivity index (χ0v) is 10.5. The van der Waals surface area contributed by atoms with E-state index in [1.54, 1.807) is 11.8 Å². The van der Waals surface area contributed by atoms with Crippen LogP contribution in [-0.4, -0.2) is 14.9 Å². The molecule has 0 aliphatic carbocycles. The Morgan fingerprint density at radius 2 is 1.94 bits per heavy atom. The molecule has 1 aromatic heterocycles. The van der Waals surface area contributed by atoms with Crippen molar-refractivity contribution in [2.24, 2.45) is 0 Å². The van der Waals surface area contributed by atoms with Gasteiger partial charge in [0.1, 0.15) is 6.33 Å². The molecule has 3 aromatic rings. The summed E-state index contributed by atoms with van der Waals surface area (Å²) in [6.07, 6.45) is 1.50. The van der Waals surface area contributed by atoms with E-state index >= 15 is 0 Å². The van der Waals surface area contributed by atoms with Crippen LogP contribution in [0, 0.1) is 0 Å². The molecule has 0 aliphatic rings. The number of hydrogen-bond acceptors (Lipinski definition) is 4. The van der Waals surface area contributed by atoms with Gasteiger partial charge in [-0.15, -0.1) is 10.2 Å². The molecule has 5 heteroatoms. The molecule has 2 N–H and O–H groups in total. The highest BCUT2D eigenvalue weighted by Gasteiger charge is 2.03. The van der Waals surface area contributed by atoms with Crippen molar-refractivity contribution in [3.8, 4) is 0 Å². The van der Waals surface area contributed by atoms with Crippen molar-refractivity contribution >= 4 is 22.5 Å². The number of rotatable bonds is 3. The Morgan fingerprint density at radius 3 is 2.72 bits per heavy atom. The van der Waals surface area contributed by atoms with Gasteiger partial charge in [0.15, 0.2) is 0 Å². The Balaban J connectivity index is 1.81. The van der Waals surface area contributed by atoms with Crippen molar-refractivity contribution in [1.82, 2.24) is 14.9 Å². The summed E-state index contributed by atoms with van der Waals surface area (Å²) in [5, 5.41) is 10.9. The highest BCUT2D eigenvalue weighted by Crippen LogP contribution is 2.22. The maximum absolute atomic E-state index is 5.67. The second-order valence-corrected chi connectivity index (χ2v) is 4.93. The molecule has 2 aromatic carbocycles. The topological polar surface area (TPSA) is 56.7 Å². The first-order valence-corrected chi connectivity index (χ1v) is 6.57. The summed E-state index contributed by atoms with van der Waals surface area (Å²) >= 11 is 1.58. The summed E-state index contributed by atoms with van der Waals surface area (Å²) in [6.45, 7) is 0. The molecule has 0 atom stereocenters. The van der Waals surface area contributed by atoms with Crippen molar-refractivity contribution in [3.05, 3.63) is 54.4 Å². The van der Waals surface area contributed by atoms with Crippen LogP contribution in [0.25, 0.3) is 10.8 Å². The average molecular weight is 256 g/mol. The Bertz CT molecular complexity index is 677. The summed E-state index contributed by atoms with van der Waals surface area (Å²) in [7, 11) is 0. The van der Waals surface area contributed by atoms with E-state index in [1.807, 2.05) is 6.07 Å². The Kier molecular flexibility index (Phi) is 2.90. The predicted octanol–water partition coefficient (Wildman–Crippen LogP) is 2.44. The van der Waals surface area contributed by atoms with Crippen molar-refractivity contribution in [2.45, 2.75) is 10.9 Å². The van der Waals surface area contributed by atoms with Gasteiger partial charge >= 0.3 is 0 Å². The van der Waals surface area contributed by atoms with E-state index in [0.29, 0.717) is 0 Å². The van der Waals surface area contributed by atoms with Crippen LogP contribution in [0.5, 0.6) is 0 Å². The fourth-order valence-corrected chi connectivity index (χ4v) is 2.59. The first-order valence-electron chi connectivity index (χ1n) is 5.58. The fourth-order valence-electron chi connectivity index (χ4n) is 1.81. The monoisotopic (exact) mass is 256 g/mol. The van der Waals surface area contributed by atoms with E-state index in [4.69, 9.17) is 5.84 Å². The van der Waals surface area contributed by atoms with Gasteiger partial charge in [0.2, 0.25) is 5.16 Å².